The molecule has 2 aliphatic rings. The van der Waals surface area contributed by atoms with E-state index in [1.807, 2.05) is 11.3 Å². The van der Waals surface area contributed by atoms with Gasteiger partial charge in [0.2, 0.25) is 0 Å². The van der Waals surface area contributed by atoms with Gasteiger partial charge in [0.1, 0.15) is 0 Å². The predicted octanol–water partition coefficient (Wildman–Crippen LogP) is 6.79. The van der Waals surface area contributed by atoms with E-state index in [1.165, 1.54) is 79.9 Å². The highest BCUT2D eigenvalue weighted by Crippen LogP contribution is 2.47. The standard InChI is InChI=1S/C30H48N4S/c1-29(2)15-16-30(3,4)26-21-23(11-12-25(26)29)27-22-35-28(31-27)34-19-13-24(14-20-34)33(7)18-10-8-9-17-32(5)6/h11-12,21-22,24H,8-10,13-20H2,1-7H3. The molecule has 0 atom stereocenters. The molecule has 1 aliphatic carbocycles. The van der Waals surface area contributed by atoms with Crippen molar-refractivity contribution in [3.63, 3.8) is 0 Å². The number of fused-ring (bicyclic) bond motifs is 1. The molecule has 194 valence electrons. The lowest BCUT2D eigenvalue weighted by atomic mass is 9.63. The normalized spacial score (nSPS) is 20.0. The summed E-state index contributed by atoms with van der Waals surface area (Å²) in [6.07, 6.45) is 8.95. The second kappa shape index (κ2) is 10.9. The Balaban J connectivity index is 1.34. The maximum atomic E-state index is 5.12. The number of hydrogen-bond donors (Lipinski definition) is 0. The first-order valence-electron chi connectivity index (χ1n) is 13.8. The molecule has 1 fully saturated rings. The Bertz CT molecular complexity index is 968. The van der Waals surface area contributed by atoms with Crippen LogP contribution in [0.1, 0.15) is 83.8 Å². The number of piperidine rings is 1. The summed E-state index contributed by atoms with van der Waals surface area (Å²) in [5, 5.41) is 3.46. The van der Waals surface area contributed by atoms with Crippen molar-refractivity contribution in [3.8, 4) is 11.3 Å². The van der Waals surface area contributed by atoms with E-state index in [1.54, 1.807) is 0 Å². The molecule has 0 radical (unpaired) electrons. The van der Waals surface area contributed by atoms with Gasteiger partial charge in [-0.3, -0.25) is 0 Å². The van der Waals surface area contributed by atoms with Gasteiger partial charge < -0.3 is 14.7 Å². The summed E-state index contributed by atoms with van der Waals surface area (Å²) >= 11 is 1.82. The molecule has 35 heavy (non-hydrogen) atoms. The van der Waals surface area contributed by atoms with Crippen molar-refractivity contribution in [1.82, 2.24) is 14.8 Å². The van der Waals surface area contributed by atoms with E-state index < -0.39 is 0 Å². The fourth-order valence-corrected chi connectivity index (χ4v) is 6.83. The van der Waals surface area contributed by atoms with Gasteiger partial charge in [-0.15, -0.1) is 11.3 Å². The van der Waals surface area contributed by atoms with Gasteiger partial charge in [0.15, 0.2) is 5.13 Å². The van der Waals surface area contributed by atoms with Crippen LogP contribution in [0.15, 0.2) is 23.6 Å². The van der Waals surface area contributed by atoms with Crippen LogP contribution in [-0.4, -0.2) is 68.1 Å². The number of unbranched alkanes of at least 4 members (excludes halogenated alkanes) is 2. The minimum absolute atomic E-state index is 0.236. The average molecular weight is 497 g/mol. The minimum Gasteiger partial charge on any atom is -0.348 e. The number of thiazole rings is 1. The van der Waals surface area contributed by atoms with Crippen LogP contribution in [0.3, 0.4) is 0 Å². The Kier molecular flexibility index (Phi) is 8.29. The first kappa shape index (κ1) is 26.6. The van der Waals surface area contributed by atoms with Crippen LogP contribution in [0, 0.1) is 0 Å². The number of benzene rings is 1. The van der Waals surface area contributed by atoms with Crippen molar-refractivity contribution in [1.29, 1.82) is 0 Å². The number of hydrogen-bond acceptors (Lipinski definition) is 5. The summed E-state index contributed by atoms with van der Waals surface area (Å²) in [7, 11) is 6.66. The number of anilines is 1. The molecule has 0 unspecified atom stereocenters. The van der Waals surface area contributed by atoms with Crippen LogP contribution in [0.4, 0.5) is 5.13 Å². The molecule has 0 amide bonds. The first-order valence-corrected chi connectivity index (χ1v) is 14.7. The monoisotopic (exact) mass is 496 g/mol. The summed E-state index contributed by atoms with van der Waals surface area (Å²) in [5.41, 5.74) is 5.97. The van der Waals surface area contributed by atoms with Gasteiger partial charge in [-0.2, -0.15) is 0 Å². The molecular formula is C30H48N4S. The van der Waals surface area contributed by atoms with E-state index in [-0.39, 0.29) is 10.8 Å². The number of rotatable bonds is 9. The van der Waals surface area contributed by atoms with Crippen molar-refractivity contribution >= 4 is 16.5 Å². The third-order valence-electron chi connectivity index (χ3n) is 8.62. The van der Waals surface area contributed by atoms with Gasteiger partial charge in [-0.1, -0.05) is 46.2 Å². The minimum atomic E-state index is 0.236. The van der Waals surface area contributed by atoms with E-state index in [4.69, 9.17) is 4.98 Å². The third kappa shape index (κ3) is 6.29. The van der Waals surface area contributed by atoms with E-state index in [9.17, 15) is 0 Å². The van der Waals surface area contributed by atoms with E-state index in [2.05, 4.69) is 87.1 Å². The Labute approximate surface area is 218 Å². The summed E-state index contributed by atoms with van der Waals surface area (Å²) < 4.78 is 0. The molecule has 2 aromatic rings. The highest BCUT2D eigenvalue weighted by molar-refractivity contribution is 7.14. The maximum Gasteiger partial charge on any atom is 0.185 e. The molecule has 4 rings (SSSR count). The Morgan fingerprint density at radius 1 is 0.914 bits per heavy atom. The molecule has 1 aromatic carbocycles. The fourth-order valence-electron chi connectivity index (χ4n) is 5.94. The fraction of sp³-hybridized carbons (Fsp3) is 0.700. The number of aromatic nitrogens is 1. The summed E-state index contributed by atoms with van der Waals surface area (Å²) in [6, 6.07) is 7.84. The predicted molar refractivity (Wildman–Crippen MR) is 153 cm³/mol. The zero-order valence-corrected chi connectivity index (χ0v) is 24.2. The molecule has 0 spiro atoms. The lowest BCUT2D eigenvalue weighted by molar-refractivity contribution is 0.203. The van der Waals surface area contributed by atoms with Gasteiger partial charge in [0.05, 0.1) is 5.69 Å². The molecule has 0 N–H and O–H groups in total. The van der Waals surface area contributed by atoms with E-state index in [0.29, 0.717) is 6.04 Å². The average Bonchev–Trinajstić information content (AvgIpc) is 3.32. The molecule has 1 aliphatic heterocycles. The van der Waals surface area contributed by atoms with Gasteiger partial charge >= 0.3 is 0 Å². The highest BCUT2D eigenvalue weighted by Gasteiger charge is 2.37. The Morgan fingerprint density at radius 3 is 2.26 bits per heavy atom. The summed E-state index contributed by atoms with van der Waals surface area (Å²) in [4.78, 5) is 12.5. The van der Waals surface area contributed by atoms with Crippen LogP contribution in [-0.2, 0) is 10.8 Å². The lowest BCUT2D eigenvalue weighted by Crippen LogP contribution is -2.43. The molecule has 4 nitrogen and oxygen atoms in total. The second-order valence-electron chi connectivity index (χ2n) is 12.6. The highest BCUT2D eigenvalue weighted by atomic mass is 32.1. The molecule has 0 bridgehead atoms. The molecule has 5 heteroatoms. The largest absolute Gasteiger partial charge is 0.348 e. The van der Waals surface area contributed by atoms with E-state index in [0.717, 1.165) is 18.8 Å². The van der Waals surface area contributed by atoms with Crippen LogP contribution in [0.25, 0.3) is 11.3 Å². The Hall–Kier alpha value is -1.43. The van der Waals surface area contributed by atoms with Crippen LogP contribution < -0.4 is 4.90 Å². The smallest absolute Gasteiger partial charge is 0.185 e. The maximum absolute atomic E-state index is 5.12. The second-order valence-corrected chi connectivity index (χ2v) is 13.4. The first-order chi connectivity index (χ1) is 16.6. The summed E-state index contributed by atoms with van der Waals surface area (Å²) in [6.45, 7) is 14.3. The van der Waals surface area contributed by atoms with Crippen molar-refractivity contribution in [2.75, 3.05) is 52.2 Å². The van der Waals surface area contributed by atoms with Crippen LogP contribution >= 0.6 is 11.3 Å². The quantitative estimate of drug-likeness (QED) is 0.356. The molecule has 1 saturated heterocycles. The van der Waals surface area contributed by atoms with E-state index >= 15 is 0 Å². The van der Waals surface area contributed by atoms with Crippen molar-refractivity contribution in [2.45, 2.75) is 89.5 Å². The molecular weight excluding hydrogens is 448 g/mol. The van der Waals surface area contributed by atoms with Crippen LogP contribution in [0.2, 0.25) is 0 Å². The lowest BCUT2D eigenvalue weighted by Gasteiger charge is -2.42. The Morgan fingerprint density at radius 2 is 1.57 bits per heavy atom. The van der Waals surface area contributed by atoms with Gasteiger partial charge in [-0.05, 0) is 101 Å². The van der Waals surface area contributed by atoms with Crippen molar-refractivity contribution in [2.24, 2.45) is 0 Å². The number of nitrogens with zero attached hydrogens (tertiary/aromatic N) is 4. The molecule has 2 heterocycles. The molecule has 0 saturated carbocycles. The molecule has 1 aromatic heterocycles. The van der Waals surface area contributed by atoms with Gasteiger partial charge in [0.25, 0.3) is 0 Å². The van der Waals surface area contributed by atoms with Gasteiger partial charge in [0, 0.05) is 30.1 Å². The van der Waals surface area contributed by atoms with Gasteiger partial charge in [-0.25, -0.2) is 4.98 Å². The topological polar surface area (TPSA) is 22.6 Å². The van der Waals surface area contributed by atoms with Crippen LogP contribution in [0.5, 0.6) is 0 Å². The third-order valence-corrected chi connectivity index (χ3v) is 9.52. The SMILES string of the molecule is CN(C)CCCCCN(C)C1CCN(c2nc(-c3ccc4c(c3)C(C)(C)CCC4(C)C)cs2)CC1. The zero-order chi connectivity index (χ0) is 25.2. The zero-order valence-electron chi connectivity index (χ0n) is 23.4. The van der Waals surface area contributed by atoms with Crippen molar-refractivity contribution < 1.29 is 0 Å². The summed E-state index contributed by atoms with van der Waals surface area (Å²) in [5.74, 6) is 0. The van der Waals surface area contributed by atoms with Crippen molar-refractivity contribution in [3.05, 3.63) is 34.7 Å².